The number of fused-ring (bicyclic) bond motifs is 2. The number of hydrogen-bond acceptors (Lipinski definition) is 5. The van der Waals surface area contributed by atoms with Crippen LogP contribution in [0.5, 0.6) is 5.75 Å². The molecule has 0 unspecified atom stereocenters. The molecule has 174 valence electrons. The largest absolute Gasteiger partial charge is 0.486 e. The number of aromatic nitrogens is 2. The maximum Gasteiger partial charge on any atom is 0.170 e. The summed E-state index contributed by atoms with van der Waals surface area (Å²) in [5.74, 6) is 1.86. The van der Waals surface area contributed by atoms with Gasteiger partial charge in [0.25, 0.3) is 0 Å². The van der Waals surface area contributed by atoms with E-state index in [9.17, 15) is 4.79 Å². The molecular weight excluding hydrogens is 422 g/mol. The smallest absolute Gasteiger partial charge is 0.170 e. The van der Waals surface area contributed by atoms with E-state index in [1.165, 1.54) is 36.8 Å². The average Bonchev–Trinajstić information content (AvgIpc) is 2.83. The van der Waals surface area contributed by atoms with Crippen LogP contribution < -0.4 is 9.64 Å². The maximum atomic E-state index is 13.0. The Bertz CT molecular complexity index is 1260. The zero-order valence-corrected chi connectivity index (χ0v) is 20.1. The zero-order valence-electron chi connectivity index (χ0n) is 20.1. The first kappa shape index (κ1) is 21.3. The quantitative estimate of drug-likeness (QED) is 0.502. The fourth-order valence-corrected chi connectivity index (χ4v) is 5.98. The van der Waals surface area contributed by atoms with Crippen LogP contribution in [0.3, 0.4) is 0 Å². The lowest BCUT2D eigenvalue weighted by Crippen LogP contribution is -2.51. The zero-order chi connectivity index (χ0) is 23.3. The van der Waals surface area contributed by atoms with E-state index >= 15 is 0 Å². The molecule has 0 N–H and O–H groups in total. The number of benzene rings is 2. The number of nitrogens with zero attached hydrogens (tertiary/aromatic N) is 3. The molecule has 5 nitrogen and oxygen atoms in total. The lowest BCUT2D eigenvalue weighted by molar-refractivity contribution is 0.0229. The summed E-state index contributed by atoms with van der Waals surface area (Å²) < 4.78 is 6.52. The van der Waals surface area contributed by atoms with Crippen LogP contribution >= 0.6 is 0 Å². The molecule has 1 saturated heterocycles. The van der Waals surface area contributed by atoms with E-state index in [2.05, 4.69) is 58.4 Å². The number of carbonyl (C=O) groups excluding carboxylic acids is 1. The van der Waals surface area contributed by atoms with Crippen molar-refractivity contribution >= 4 is 11.6 Å². The van der Waals surface area contributed by atoms with E-state index in [1.54, 1.807) is 0 Å². The Morgan fingerprint density at radius 1 is 0.912 bits per heavy atom. The first-order valence-electron chi connectivity index (χ1n) is 12.5. The molecule has 1 fully saturated rings. The highest BCUT2D eigenvalue weighted by Gasteiger charge is 2.43. The van der Waals surface area contributed by atoms with E-state index in [0.29, 0.717) is 6.42 Å². The normalized spacial score (nSPS) is 18.9. The molecule has 1 spiro atoms. The summed E-state index contributed by atoms with van der Waals surface area (Å²) in [5.41, 5.74) is 7.53. The molecule has 3 aromatic rings. The number of ketones is 1. The van der Waals surface area contributed by atoms with Gasteiger partial charge in [0.2, 0.25) is 0 Å². The Morgan fingerprint density at radius 2 is 1.71 bits per heavy atom. The van der Waals surface area contributed by atoms with Gasteiger partial charge >= 0.3 is 0 Å². The third kappa shape index (κ3) is 3.77. The highest BCUT2D eigenvalue weighted by atomic mass is 16.5. The summed E-state index contributed by atoms with van der Waals surface area (Å²) in [6, 6.07) is 15.0. The van der Waals surface area contributed by atoms with Crippen LogP contribution in [0.4, 0.5) is 5.82 Å². The second-order valence-corrected chi connectivity index (χ2v) is 10.3. The van der Waals surface area contributed by atoms with Gasteiger partial charge in [-0.05, 0) is 86.1 Å². The Balaban J connectivity index is 1.16. The topological polar surface area (TPSA) is 55.3 Å². The molecule has 1 aromatic heterocycles. The van der Waals surface area contributed by atoms with Gasteiger partial charge in [-0.25, -0.2) is 0 Å². The molecule has 3 aliphatic rings. The van der Waals surface area contributed by atoms with Gasteiger partial charge in [0, 0.05) is 31.5 Å². The summed E-state index contributed by atoms with van der Waals surface area (Å²) in [4.78, 5) is 15.3. The van der Waals surface area contributed by atoms with Gasteiger partial charge in [0.15, 0.2) is 11.6 Å². The van der Waals surface area contributed by atoms with Crippen molar-refractivity contribution in [1.82, 2.24) is 10.2 Å². The second-order valence-electron chi connectivity index (χ2n) is 10.3. The highest BCUT2D eigenvalue weighted by molar-refractivity contribution is 6.01. The standard InChI is InChI=1S/C29H31N3O2/c1-19-15-20(2)28-25(33)18-29(34-26(28)16-19)11-13-32(14-12-29)27-10-9-24(30-31-27)23-8-7-21-5-3-4-6-22(21)17-23/h7-10,15-17H,3-6,11-14,18H2,1-2H3. The summed E-state index contributed by atoms with van der Waals surface area (Å²) in [6.45, 7) is 5.66. The van der Waals surface area contributed by atoms with Gasteiger partial charge < -0.3 is 9.64 Å². The van der Waals surface area contributed by atoms with E-state index < -0.39 is 5.60 Å². The molecule has 0 atom stereocenters. The molecule has 6 rings (SSSR count). The van der Waals surface area contributed by atoms with Gasteiger partial charge in [-0.15, -0.1) is 10.2 Å². The average molecular weight is 454 g/mol. The molecule has 3 heterocycles. The number of rotatable bonds is 2. The molecule has 34 heavy (non-hydrogen) atoms. The number of ether oxygens (including phenoxy) is 1. The minimum absolute atomic E-state index is 0.210. The monoisotopic (exact) mass is 453 g/mol. The summed E-state index contributed by atoms with van der Waals surface area (Å²) in [6.07, 6.45) is 7.00. The molecular formula is C29H31N3O2. The maximum absolute atomic E-state index is 13.0. The molecule has 2 aliphatic heterocycles. The first-order chi connectivity index (χ1) is 16.5. The molecule has 0 amide bonds. The third-order valence-corrected chi connectivity index (χ3v) is 7.83. The first-order valence-corrected chi connectivity index (χ1v) is 12.5. The minimum Gasteiger partial charge on any atom is -0.486 e. The van der Waals surface area contributed by atoms with Crippen LogP contribution in [0.1, 0.15) is 64.7 Å². The fourth-order valence-electron chi connectivity index (χ4n) is 5.98. The Kier molecular flexibility index (Phi) is 5.16. The van der Waals surface area contributed by atoms with Crippen LogP contribution in [0, 0.1) is 13.8 Å². The van der Waals surface area contributed by atoms with Gasteiger partial charge in [-0.3, -0.25) is 4.79 Å². The number of aryl methyl sites for hydroxylation is 4. The van der Waals surface area contributed by atoms with Crippen molar-refractivity contribution < 1.29 is 9.53 Å². The molecule has 1 aliphatic carbocycles. The highest BCUT2D eigenvalue weighted by Crippen LogP contribution is 2.41. The van der Waals surface area contributed by atoms with Gasteiger partial charge in [0.05, 0.1) is 17.7 Å². The van der Waals surface area contributed by atoms with Crippen molar-refractivity contribution in [2.75, 3.05) is 18.0 Å². The number of hydrogen-bond donors (Lipinski definition) is 0. The van der Waals surface area contributed by atoms with Crippen LogP contribution in [-0.2, 0) is 12.8 Å². The van der Waals surface area contributed by atoms with Gasteiger partial charge in [0.1, 0.15) is 11.4 Å². The van der Waals surface area contributed by atoms with E-state index in [0.717, 1.165) is 65.4 Å². The van der Waals surface area contributed by atoms with Crippen molar-refractivity contribution in [1.29, 1.82) is 0 Å². The minimum atomic E-state index is -0.405. The van der Waals surface area contributed by atoms with Crippen LogP contribution in [0.25, 0.3) is 11.3 Å². The summed E-state index contributed by atoms with van der Waals surface area (Å²) >= 11 is 0. The summed E-state index contributed by atoms with van der Waals surface area (Å²) in [5, 5.41) is 9.13. The van der Waals surface area contributed by atoms with Crippen molar-refractivity contribution in [3.63, 3.8) is 0 Å². The lowest BCUT2D eigenvalue weighted by Gasteiger charge is -2.44. The van der Waals surface area contributed by atoms with Crippen LogP contribution in [0.2, 0.25) is 0 Å². The number of piperidine rings is 1. The van der Waals surface area contributed by atoms with Gasteiger partial charge in [-0.1, -0.05) is 18.2 Å². The number of carbonyl (C=O) groups is 1. The van der Waals surface area contributed by atoms with Gasteiger partial charge in [-0.2, -0.15) is 0 Å². The van der Waals surface area contributed by atoms with Crippen LogP contribution in [-0.4, -0.2) is 34.7 Å². The molecule has 0 bridgehead atoms. The predicted molar refractivity (Wildman–Crippen MR) is 134 cm³/mol. The SMILES string of the molecule is Cc1cc(C)c2c(c1)OC1(CCN(c3ccc(-c4ccc5c(c4)CCCC5)nn3)CC1)CC2=O. The lowest BCUT2D eigenvalue weighted by atomic mass is 9.81. The number of Topliss-reactive ketones (excluding diaryl/α,β-unsaturated/α-hetero) is 1. The van der Waals surface area contributed by atoms with Crippen molar-refractivity contribution in [2.24, 2.45) is 0 Å². The molecule has 0 radical (unpaired) electrons. The number of anilines is 1. The fraction of sp³-hybridized carbons (Fsp3) is 0.414. The Hall–Kier alpha value is -3.21. The van der Waals surface area contributed by atoms with E-state index in [4.69, 9.17) is 4.74 Å². The summed E-state index contributed by atoms with van der Waals surface area (Å²) in [7, 11) is 0. The predicted octanol–water partition coefficient (Wildman–Crippen LogP) is 5.64. The second kappa shape index (κ2) is 8.23. The van der Waals surface area contributed by atoms with E-state index in [1.807, 2.05) is 13.0 Å². The van der Waals surface area contributed by atoms with Crippen molar-refractivity contribution in [2.45, 2.75) is 64.4 Å². The Morgan fingerprint density at radius 3 is 2.47 bits per heavy atom. The Labute approximate surface area is 201 Å². The third-order valence-electron chi connectivity index (χ3n) is 7.83. The van der Waals surface area contributed by atoms with Crippen LogP contribution in [0.15, 0.2) is 42.5 Å². The molecule has 2 aromatic carbocycles. The molecule has 0 saturated carbocycles. The van der Waals surface area contributed by atoms with Crippen molar-refractivity contribution in [3.05, 3.63) is 70.3 Å². The van der Waals surface area contributed by atoms with Crippen molar-refractivity contribution in [3.8, 4) is 17.0 Å². The molecule has 5 heteroatoms. The van der Waals surface area contributed by atoms with E-state index in [-0.39, 0.29) is 5.78 Å².